The van der Waals surface area contributed by atoms with Crippen molar-refractivity contribution in [3.05, 3.63) is 82.3 Å². The van der Waals surface area contributed by atoms with E-state index in [9.17, 15) is 60.0 Å². The van der Waals surface area contributed by atoms with E-state index < -0.39 is 82.4 Å². The van der Waals surface area contributed by atoms with E-state index in [1.54, 1.807) is 0 Å². The van der Waals surface area contributed by atoms with Gasteiger partial charge in [-0.25, -0.2) is 9.59 Å². The summed E-state index contributed by atoms with van der Waals surface area (Å²) in [5.41, 5.74) is -4.13. The van der Waals surface area contributed by atoms with Crippen LogP contribution < -0.4 is 0 Å². The van der Waals surface area contributed by atoms with Crippen molar-refractivity contribution in [2.24, 2.45) is 0 Å². The van der Waals surface area contributed by atoms with Crippen LogP contribution in [0.15, 0.2) is 60.1 Å². The Morgan fingerprint density at radius 2 is 1.00 bits per heavy atom. The molecular weight excluding hydrogens is 680 g/mol. The van der Waals surface area contributed by atoms with Crippen LogP contribution in [-0.4, -0.2) is 89.8 Å². The van der Waals surface area contributed by atoms with Crippen LogP contribution in [0.2, 0.25) is 0 Å². The molecule has 4 atom stereocenters. The molecule has 0 fully saturated rings. The number of carboxylic acid groups (broad SMARTS) is 2. The van der Waals surface area contributed by atoms with Crippen LogP contribution in [0.4, 0.5) is 0 Å². The SMILES string of the molecule is CO/C(=C/C(=O)O)[C@@H]1c2cc3ccc(-c4ccc5cc6c(c(O)c5c4O)C(=O)C[C@@](C)(O)[C@H]6/C(=C\C(=O)O)OC)c(O)c3c(O)c2C(=O)C[C@]1(C)O. The van der Waals surface area contributed by atoms with E-state index in [4.69, 9.17) is 9.47 Å². The first-order valence-corrected chi connectivity index (χ1v) is 15.9. The van der Waals surface area contributed by atoms with Crippen molar-refractivity contribution in [1.29, 1.82) is 0 Å². The van der Waals surface area contributed by atoms with Crippen molar-refractivity contribution in [2.45, 2.75) is 49.7 Å². The minimum absolute atomic E-state index is 0.0485. The van der Waals surface area contributed by atoms with Gasteiger partial charge >= 0.3 is 11.9 Å². The van der Waals surface area contributed by atoms with E-state index in [1.165, 1.54) is 64.5 Å². The largest absolute Gasteiger partial charge is 0.507 e. The molecule has 14 nitrogen and oxygen atoms in total. The van der Waals surface area contributed by atoms with Crippen LogP contribution in [-0.2, 0) is 19.1 Å². The number of ketones is 2. The molecule has 270 valence electrons. The normalized spacial score (nSPS) is 23.3. The second-order valence-electron chi connectivity index (χ2n) is 13.5. The molecule has 8 N–H and O–H groups in total. The Hall–Kier alpha value is -6.12. The number of aliphatic carboxylic acids is 2. The number of rotatable bonds is 7. The van der Waals surface area contributed by atoms with Gasteiger partial charge in [-0.3, -0.25) is 9.59 Å². The van der Waals surface area contributed by atoms with Crippen molar-refractivity contribution < 1.29 is 69.5 Å². The zero-order chi connectivity index (χ0) is 38.2. The summed E-state index contributed by atoms with van der Waals surface area (Å²) >= 11 is 0. The van der Waals surface area contributed by atoms with Crippen LogP contribution in [0.3, 0.4) is 0 Å². The number of aromatic hydroxyl groups is 4. The van der Waals surface area contributed by atoms with E-state index in [0.29, 0.717) is 0 Å². The van der Waals surface area contributed by atoms with Crippen LogP contribution in [0.1, 0.15) is 70.4 Å². The maximum absolute atomic E-state index is 13.3. The summed E-state index contributed by atoms with van der Waals surface area (Å²) in [5.74, 6) is -9.33. The zero-order valence-corrected chi connectivity index (χ0v) is 28.2. The van der Waals surface area contributed by atoms with Crippen molar-refractivity contribution in [1.82, 2.24) is 0 Å². The highest BCUT2D eigenvalue weighted by Gasteiger charge is 2.48. The van der Waals surface area contributed by atoms with Gasteiger partial charge in [-0.05, 0) is 60.0 Å². The quantitative estimate of drug-likeness (QED) is 0.0966. The summed E-state index contributed by atoms with van der Waals surface area (Å²) < 4.78 is 10.6. The van der Waals surface area contributed by atoms with Crippen LogP contribution in [0.25, 0.3) is 32.7 Å². The Balaban J connectivity index is 1.57. The highest BCUT2D eigenvalue weighted by Crippen LogP contribution is 2.54. The molecule has 0 aromatic heterocycles. The topological polar surface area (TPSA) is 249 Å². The third-order valence-electron chi connectivity index (χ3n) is 9.89. The first-order chi connectivity index (χ1) is 24.3. The fourth-order valence-corrected chi connectivity index (χ4v) is 7.81. The number of carboxylic acids is 2. The van der Waals surface area contributed by atoms with Crippen molar-refractivity contribution in [3.63, 3.8) is 0 Å². The Morgan fingerprint density at radius 1 is 0.654 bits per heavy atom. The van der Waals surface area contributed by atoms with Gasteiger partial charge in [0.05, 0.1) is 71.3 Å². The second-order valence-corrected chi connectivity index (χ2v) is 13.5. The van der Waals surface area contributed by atoms with Gasteiger partial charge in [-0.1, -0.05) is 12.1 Å². The lowest BCUT2D eigenvalue weighted by Crippen LogP contribution is -2.41. The molecule has 6 rings (SSSR count). The van der Waals surface area contributed by atoms with Crippen LogP contribution in [0.5, 0.6) is 23.0 Å². The van der Waals surface area contributed by atoms with E-state index in [-0.39, 0.29) is 66.4 Å². The molecule has 0 radical (unpaired) electrons. The Labute approximate surface area is 294 Å². The number of hydrogen-bond donors (Lipinski definition) is 8. The number of Topliss-reactive ketones (excluding diaryl/α,β-unsaturated/α-hetero) is 2. The minimum Gasteiger partial charge on any atom is -0.507 e. The molecule has 0 bridgehead atoms. The number of hydrogen-bond acceptors (Lipinski definition) is 12. The summed E-state index contributed by atoms with van der Waals surface area (Å²) in [6.45, 7) is 2.67. The van der Waals surface area contributed by atoms with Crippen LogP contribution in [0, 0.1) is 0 Å². The highest BCUT2D eigenvalue weighted by molar-refractivity contribution is 6.13. The smallest absolute Gasteiger partial charge is 0.331 e. The Kier molecular flexibility index (Phi) is 8.43. The van der Waals surface area contributed by atoms with Crippen molar-refractivity contribution in [3.8, 4) is 34.1 Å². The molecule has 0 saturated carbocycles. The van der Waals surface area contributed by atoms with Gasteiger partial charge in [0.25, 0.3) is 0 Å². The monoisotopic (exact) mass is 714 g/mol. The van der Waals surface area contributed by atoms with Crippen molar-refractivity contribution >= 4 is 45.0 Å². The Morgan fingerprint density at radius 3 is 1.31 bits per heavy atom. The second kappa shape index (κ2) is 12.3. The fourth-order valence-electron chi connectivity index (χ4n) is 7.81. The number of fused-ring (bicyclic) bond motifs is 4. The predicted molar refractivity (Wildman–Crippen MR) is 184 cm³/mol. The van der Waals surface area contributed by atoms with Gasteiger partial charge in [0, 0.05) is 24.0 Å². The molecular formula is C38H34O14. The number of aliphatic hydroxyl groups is 2. The summed E-state index contributed by atoms with van der Waals surface area (Å²) in [4.78, 5) is 49.8. The van der Waals surface area contributed by atoms with E-state index >= 15 is 0 Å². The number of methoxy groups -OCH3 is 2. The van der Waals surface area contributed by atoms with Gasteiger partial charge in [0.15, 0.2) is 11.6 Å². The minimum atomic E-state index is -1.81. The molecule has 4 aromatic carbocycles. The van der Waals surface area contributed by atoms with E-state index in [1.807, 2.05) is 0 Å². The third-order valence-corrected chi connectivity index (χ3v) is 9.89. The van der Waals surface area contributed by atoms with Gasteiger partial charge in [0.2, 0.25) is 0 Å². The Bertz CT molecular complexity index is 2160. The molecule has 0 aliphatic heterocycles. The van der Waals surface area contributed by atoms with Gasteiger partial charge in [0.1, 0.15) is 34.5 Å². The summed E-state index contributed by atoms with van der Waals surface area (Å²) in [7, 11) is 2.41. The molecule has 0 unspecified atom stereocenters. The number of benzene rings is 4. The number of phenolic OH excluding ortho intramolecular Hbond substituents is 4. The number of phenols is 4. The predicted octanol–water partition coefficient (Wildman–Crippen LogP) is 4.55. The average molecular weight is 715 g/mol. The van der Waals surface area contributed by atoms with Gasteiger partial charge in [-0.2, -0.15) is 0 Å². The summed E-state index contributed by atoms with van der Waals surface area (Å²) in [6, 6.07) is 8.53. The maximum Gasteiger partial charge on any atom is 0.331 e. The molecule has 2 aliphatic carbocycles. The summed E-state index contributed by atoms with van der Waals surface area (Å²) in [5, 5.41) is 87.5. The fraction of sp³-hybridized carbons (Fsp3) is 0.263. The lowest BCUT2D eigenvalue weighted by Gasteiger charge is -2.39. The first-order valence-electron chi connectivity index (χ1n) is 15.9. The zero-order valence-electron chi connectivity index (χ0n) is 28.2. The molecule has 4 aromatic rings. The third kappa shape index (κ3) is 5.43. The molecule has 0 heterocycles. The lowest BCUT2D eigenvalue weighted by molar-refractivity contribution is -0.132. The highest BCUT2D eigenvalue weighted by atomic mass is 16.5. The molecule has 0 amide bonds. The van der Waals surface area contributed by atoms with Crippen molar-refractivity contribution in [2.75, 3.05) is 14.2 Å². The standard InChI is InChI=1S/C38H34O14/c1-37(49)13-21(39)29-19(31(37)23(51-3)11-25(41)42)9-15-5-7-17(33(45)27(15)35(29)47)18-8-6-16-10-20-30(36(48)28(16)34(18)46)22(40)14-38(2,50)32(20)24(52-4)12-26(43)44/h5-12,31-32,45-50H,13-14H2,1-4H3,(H,41,42)(H,43,44)/b23-11+,24-12+/t31-,32+,37-,38+. The first kappa shape index (κ1) is 35.7. The molecule has 0 saturated heterocycles. The molecule has 2 aliphatic rings. The summed E-state index contributed by atoms with van der Waals surface area (Å²) in [6.07, 6.45) is 0.447. The molecule has 52 heavy (non-hydrogen) atoms. The van der Waals surface area contributed by atoms with E-state index in [2.05, 4.69) is 0 Å². The van der Waals surface area contributed by atoms with E-state index in [0.717, 1.165) is 12.2 Å². The van der Waals surface area contributed by atoms with Crippen LogP contribution >= 0.6 is 0 Å². The number of carbonyl (C=O) groups excluding carboxylic acids is 2. The van der Waals surface area contributed by atoms with Gasteiger partial charge in [-0.15, -0.1) is 0 Å². The average Bonchev–Trinajstić information content (AvgIpc) is 3.02. The number of carbonyl (C=O) groups is 4. The lowest BCUT2D eigenvalue weighted by atomic mass is 9.70. The number of ether oxygens (including phenoxy) is 2. The molecule has 0 spiro atoms. The van der Waals surface area contributed by atoms with Gasteiger partial charge < -0.3 is 50.3 Å². The molecule has 14 heteroatoms. The maximum atomic E-state index is 13.3.